The largest absolute Gasteiger partial charge is 0.378 e. The first-order valence-corrected chi connectivity index (χ1v) is 15.0. The van der Waals surface area contributed by atoms with Crippen LogP contribution in [0, 0.1) is 0 Å². The number of morpholine rings is 2. The van der Waals surface area contributed by atoms with Crippen LogP contribution < -0.4 is 0 Å². The van der Waals surface area contributed by atoms with Gasteiger partial charge < -0.3 is 9.47 Å². The van der Waals surface area contributed by atoms with Crippen LogP contribution in [-0.4, -0.2) is 60.4 Å². The van der Waals surface area contributed by atoms with Gasteiger partial charge >= 0.3 is 0 Å². The number of rotatable bonds is 9. The minimum Gasteiger partial charge on any atom is -0.378 e. The van der Waals surface area contributed by atoms with E-state index in [-0.39, 0.29) is 11.6 Å². The maximum Gasteiger partial charge on any atom is 0.0744 e. The molecule has 2 aromatic carbocycles. The van der Waals surface area contributed by atoms with Crippen LogP contribution in [0.1, 0.15) is 114 Å². The highest BCUT2D eigenvalue weighted by molar-refractivity contribution is 5.35. The monoisotopic (exact) mass is 520 g/mol. The molecule has 4 unspecified atom stereocenters. The molecule has 0 N–H and O–H groups in total. The third kappa shape index (κ3) is 6.36. The Bertz CT molecular complexity index is 1030. The number of hydrogen-bond acceptors (Lipinski definition) is 4. The zero-order valence-electron chi connectivity index (χ0n) is 25.2. The minimum absolute atomic E-state index is 0.0763. The molecule has 4 nitrogen and oxygen atoms in total. The summed E-state index contributed by atoms with van der Waals surface area (Å²) < 4.78 is 12.2. The lowest BCUT2D eigenvalue weighted by Gasteiger charge is -2.47. The molecule has 4 atom stereocenters. The van der Waals surface area contributed by atoms with Gasteiger partial charge in [0.2, 0.25) is 0 Å². The first-order chi connectivity index (χ1) is 18.1. The molecular weight excluding hydrogens is 468 g/mol. The average Bonchev–Trinajstić information content (AvgIpc) is 2.91. The molecule has 0 amide bonds. The van der Waals surface area contributed by atoms with Crippen LogP contribution in [0.15, 0.2) is 48.5 Å². The normalized spacial score (nSPS) is 24.7. The lowest BCUT2D eigenvalue weighted by Crippen LogP contribution is -2.51. The molecule has 2 fully saturated rings. The van der Waals surface area contributed by atoms with E-state index in [1.165, 1.54) is 22.3 Å². The Balaban J connectivity index is 1.54. The van der Waals surface area contributed by atoms with Gasteiger partial charge in [-0.05, 0) is 81.5 Å². The van der Waals surface area contributed by atoms with Crippen molar-refractivity contribution in [1.29, 1.82) is 0 Å². The van der Waals surface area contributed by atoms with Crippen molar-refractivity contribution in [1.82, 2.24) is 9.80 Å². The van der Waals surface area contributed by atoms with Crippen LogP contribution >= 0.6 is 0 Å². The van der Waals surface area contributed by atoms with Crippen molar-refractivity contribution in [2.24, 2.45) is 0 Å². The predicted octanol–water partition coefficient (Wildman–Crippen LogP) is 7.72. The van der Waals surface area contributed by atoms with E-state index in [1.54, 1.807) is 0 Å². The molecule has 2 aliphatic rings. The molecule has 2 saturated heterocycles. The third-order valence-electron chi connectivity index (χ3n) is 9.11. The molecule has 38 heavy (non-hydrogen) atoms. The summed E-state index contributed by atoms with van der Waals surface area (Å²) in [6.07, 6.45) is 2.50. The van der Waals surface area contributed by atoms with E-state index in [9.17, 15) is 0 Å². The van der Waals surface area contributed by atoms with E-state index in [0.717, 1.165) is 45.8 Å². The summed E-state index contributed by atoms with van der Waals surface area (Å²) in [4.78, 5) is 5.36. The standard InChI is InChI=1S/C34H52N2O2/c1-24(2)28-13-9-11-15-30(28)32-23-37-21-20-36(32)34(7,8)18-17-26(5)29-14-10-12-16-31(29)33-27(6)38-22-19-35(33)25(3)4/h9-16,24-27,32-33H,17-23H2,1-8H3. The van der Waals surface area contributed by atoms with Crippen LogP contribution in [0.2, 0.25) is 0 Å². The van der Waals surface area contributed by atoms with Crippen molar-refractivity contribution in [3.8, 4) is 0 Å². The highest BCUT2D eigenvalue weighted by Gasteiger charge is 2.38. The maximum absolute atomic E-state index is 6.17. The van der Waals surface area contributed by atoms with Crippen LogP contribution in [0.5, 0.6) is 0 Å². The zero-order chi connectivity index (χ0) is 27.4. The van der Waals surface area contributed by atoms with E-state index >= 15 is 0 Å². The maximum atomic E-state index is 6.17. The molecule has 0 bridgehead atoms. The molecule has 2 aliphatic heterocycles. The van der Waals surface area contributed by atoms with Crippen LogP contribution in [0.4, 0.5) is 0 Å². The number of benzene rings is 2. The summed E-state index contributed by atoms with van der Waals surface area (Å²) in [5, 5.41) is 0. The van der Waals surface area contributed by atoms with Crippen molar-refractivity contribution in [2.45, 2.75) is 110 Å². The average molecular weight is 521 g/mol. The highest BCUT2D eigenvalue weighted by atomic mass is 16.5. The fourth-order valence-electron chi connectivity index (χ4n) is 6.88. The molecule has 4 rings (SSSR count). The van der Waals surface area contributed by atoms with Crippen LogP contribution in [0.3, 0.4) is 0 Å². The fourth-order valence-corrected chi connectivity index (χ4v) is 6.88. The van der Waals surface area contributed by atoms with Gasteiger partial charge in [0.25, 0.3) is 0 Å². The molecule has 2 heterocycles. The van der Waals surface area contributed by atoms with Crippen molar-refractivity contribution >= 4 is 0 Å². The predicted molar refractivity (Wildman–Crippen MR) is 159 cm³/mol. The molecule has 4 heteroatoms. The van der Waals surface area contributed by atoms with Gasteiger partial charge in [-0.1, -0.05) is 69.3 Å². The smallest absolute Gasteiger partial charge is 0.0744 e. The summed E-state index contributed by atoms with van der Waals surface area (Å²) in [6, 6.07) is 19.2. The van der Waals surface area contributed by atoms with Gasteiger partial charge in [-0.25, -0.2) is 0 Å². The number of hydrogen-bond donors (Lipinski definition) is 0. The van der Waals surface area contributed by atoms with E-state index in [2.05, 4.69) is 114 Å². The van der Waals surface area contributed by atoms with Crippen molar-refractivity contribution in [3.05, 3.63) is 70.8 Å². The van der Waals surface area contributed by atoms with E-state index in [4.69, 9.17) is 9.47 Å². The molecule has 2 aromatic rings. The van der Waals surface area contributed by atoms with E-state index in [0.29, 0.717) is 30.0 Å². The zero-order valence-corrected chi connectivity index (χ0v) is 25.2. The third-order valence-corrected chi connectivity index (χ3v) is 9.11. The van der Waals surface area contributed by atoms with Gasteiger partial charge in [0.1, 0.15) is 0 Å². The minimum atomic E-state index is 0.0763. The van der Waals surface area contributed by atoms with Gasteiger partial charge in [-0.3, -0.25) is 9.80 Å². The summed E-state index contributed by atoms with van der Waals surface area (Å²) in [5.74, 6) is 0.988. The molecule has 0 saturated carbocycles. The summed E-state index contributed by atoms with van der Waals surface area (Å²) in [6.45, 7) is 23.2. The summed E-state index contributed by atoms with van der Waals surface area (Å²) in [5.41, 5.74) is 5.90. The Morgan fingerprint density at radius 2 is 1.53 bits per heavy atom. The number of nitrogens with zero attached hydrogens (tertiary/aromatic N) is 2. The number of ether oxygens (including phenoxy) is 2. The van der Waals surface area contributed by atoms with Crippen molar-refractivity contribution < 1.29 is 9.47 Å². The van der Waals surface area contributed by atoms with Crippen LogP contribution in [0.25, 0.3) is 0 Å². The first-order valence-electron chi connectivity index (χ1n) is 15.0. The molecule has 210 valence electrons. The fraction of sp³-hybridized carbons (Fsp3) is 0.647. The Morgan fingerprint density at radius 1 is 0.868 bits per heavy atom. The molecule has 0 aromatic heterocycles. The Hall–Kier alpha value is -1.72. The quantitative estimate of drug-likeness (QED) is 0.338. The molecule has 0 spiro atoms. The van der Waals surface area contributed by atoms with Crippen molar-refractivity contribution in [2.75, 3.05) is 32.9 Å². The Labute approximate surface area is 232 Å². The van der Waals surface area contributed by atoms with Gasteiger partial charge in [-0.15, -0.1) is 0 Å². The molecule has 0 radical (unpaired) electrons. The van der Waals surface area contributed by atoms with Crippen LogP contribution in [-0.2, 0) is 9.47 Å². The first kappa shape index (κ1) is 29.3. The molecule has 0 aliphatic carbocycles. The second-order valence-corrected chi connectivity index (χ2v) is 12.8. The topological polar surface area (TPSA) is 24.9 Å². The van der Waals surface area contributed by atoms with Gasteiger partial charge in [0.05, 0.1) is 38.0 Å². The lowest BCUT2D eigenvalue weighted by molar-refractivity contribution is -0.0751. The SMILES string of the molecule is CC(C)c1ccccc1C1COCCN1C(C)(C)CCC(C)c1ccccc1C1C(C)OCCN1C(C)C. The van der Waals surface area contributed by atoms with E-state index < -0.39 is 0 Å². The van der Waals surface area contributed by atoms with Gasteiger partial charge in [0.15, 0.2) is 0 Å². The van der Waals surface area contributed by atoms with Gasteiger partial charge in [0, 0.05) is 24.7 Å². The Morgan fingerprint density at radius 3 is 2.21 bits per heavy atom. The lowest BCUT2D eigenvalue weighted by atomic mass is 9.82. The van der Waals surface area contributed by atoms with E-state index in [1.807, 2.05) is 0 Å². The summed E-state index contributed by atoms with van der Waals surface area (Å²) >= 11 is 0. The van der Waals surface area contributed by atoms with Crippen molar-refractivity contribution in [3.63, 3.8) is 0 Å². The molecular formula is C34H52N2O2. The second kappa shape index (κ2) is 12.6. The van der Waals surface area contributed by atoms with Gasteiger partial charge in [-0.2, -0.15) is 0 Å². The highest BCUT2D eigenvalue weighted by Crippen LogP contribution is 2.40. The second-order valence-electron chi connectivity index (χ2n) is 12.8. The summed E-state index contributed by atoms with van der Waals surface area (Å²) in [7, 11) is 0. The Kier molecular flexibility index (Phi) is 9.73.